The van der Waals surface area contributed by atoms with Gasteiger partial charge in [0.1, 0.15) is 0 Å². The maximum Gasteiger partial charge on any atom is 1.00 e. The summed E-state index contributed by atoms with van der Waals surface area (Å²) in [6, 6.07) is 9.41. The molecule has 1 aromatic carbocycles. The van der Waals surface area contributed by atoms with Crippen molar-refractivity contribution in [2.24, 2.45) is 5.84 Å². The van der Waals surface area contributed by atoms with E-state index in [0.717, 1.165) is 5.69 Å². The average Bonchev–Trinajstić information content (AvgIpc) is 1.90. The quantitative estimate of drug-likeness (QED) is 0.271. The van der Waals surface area contributed by atoms with Crippen LogP contribution in [0.4, 0.5) is 5.69 Å². The van der Waals surface area contributed by atoms with E-state index in [1.807, 2.05) is 30.3 Å². The predicted octanol–water partition coefficient (Wildman–Crippen LogP) is -1.43. The Labute approximate surface area is 66.6 Å². The summed E-state index contributed by atoms with van der Waals surface area (Å²) in [5, 5.41) is 0. The van der Waals surface area contributed by atoms with Crippen molar-refractivity contribution in [2.45, 2.75) is 0 Å². The van der Waals surface area contributed by atoms with Crippen LogP contribution >= 0.6 is 0 Å². The van der Waals surface area contributed by atoms with E-state index >= 15 is 0 Å². The normalized spacial score (nSPS) is 7.67. The van der Waals surface area contributed by atoms with Crippen LogP contribution in [0.3, 0.4) is 0 Å². The van der Waals surface area contributed by atoms with E-state index < -0.39 is 0 Å². The molecule has 3 heteroatoms. The molecule has 0 fully saturated rings. The first kappa shape index (κ1) is 8.58. The fourth-order valence-corrected chi connectivity index (χ4v) is 0.514. The Bertz CT molecular complexity index is 152. The third-order valence-electron chi connectivity index (χ3n) is 0.905. The third kappa shape index (κ3) is 2.57. The molecule has 0 unspecified atom stereocenters. The molecule has 0 aliphatic heterocycles. The molecule has 0 radical (unpaired) electrons. The Morgan fingerprint density at radius 2 is 1.67 bits per heavy atom. The largest absolute Gasteiger partial charge is 1.00 e. The summed E-state index contributed by atoms with van der Waals surface area (Å²) in [5.74, 6) is 4.97. The maximum absolute atomic E-state index is 4.97. The van der Waals surface area contributed by atoms with Crippen LogP contribution in [0.15, 0.2) is 30.3 Å². The van der Waals surface area contributed by atoms with Gasteiger partial charge in [-0.05, 0) is 0 Å². The molecule has 0 heterocycles. The Balaban J connectivity index is 0.000000640. The Morgan fingerprint density at radius 3 is 2.00 bits per heavy atom. The minimum Gasteiger partial charge on any atom is -0.625 e. The van der Waals surface area contributed by atoms with Gasteiger partial charge in [-0.2, -0.15) is 0 Å². The second-order valence-electron chi connectivity index (χ2n) is 1.46. The molecule has 0 saturated carbocycles. The van der Waals surface area contributed by atoms with E-state index in [0.29, 0.717) is 0 Å². The van der Waals surface area contributed by atoms with Gasteiger partial charge in [0.2, 0.25) is 0 Å². The van der Waals surface area contributed by atoms with Gasteiger partial charge in [-0.3, -0.25) is 0 Å². The van der Waals surface area contributed by atoms with Crippen LogP contribution in [0.25, 0.3) is 5.43 Å². The molecule has 1 aromatic rings. The van der Waals surface area contributed by atoms with Crippen molar-refractivity contribution in [2.75, 3.05) is 0 Å². The summed E-state index contributed by atoms with van der Waals surface area (Å²) in [7, 11) is 0. The van der Waals surface area contributed by atoms with Crippen molar-refractivity contribution in [3.8, 4) is 0 Å². The SMILES string of the molecule is N[N-]c1ccccc1.[Li+]. The molecule has 0 amide bonds. The number of benzene rings is 1. The number of hydrogen-bond acceptors (Lipinski definition) is 1. The average molecular weight is 114 g/mol. The van der Waals surface area contributed by atoms with Gasteiger partial charge >= 0.3 is 18.9 Å². The molecule has 2 N–H and O–H groups in total. The van der Waals surface area contributed by atoms with E-state index in [1.54, 1.807) is 0 Å². The zero-order valence-electron chi connectivity index (χ0n) is 5.41. The first-order valence-electron chi connectivity index (χ1n) is 2.39. The maximum atomic E-state index is 4.97. The fraction of sp³-hybridized carbons (Fsp3) is 0. The van der Waals surface area contributed by atoms with Gasteiger partial charge in [0.05, 0.1) is 0 Å². The van der Waals surface area contributed by atoms with Crippen molar-refractivity contribution in [1.29, 1.82) is 0 Å². The first-order chi connectivity index (χ1) is 3.93. The number of rotatable bonds is 1. The van der Waals surface area contributed by atoms with Crippen molar-refractivity contribution < 1.29 is 18.9 Å². The molecule has 42 valence electrons. The number of hydrogen-bond donors (Lipinski definition) is 1. The smallest absolute Gasteiger partial charge is 0.625 e. The van der Waals surface area contributed by atoms with Crippen LogP contribution in [0.5, 0.6) is 0 Å². The summed E-state index contributed by atoms with van der Waals surface area (Å²) in [6.07, 6.45) is 0. The van der Waals surface area contributed by atoms with E-state index in [1.165, 1.54) is 0 Å². The molecule has 0 atom stereocenters. The summed E-state index contributed by atoms with van der Waals surface area (Å²) in [6.45, 7) is 0. The van der Waals surface area contributed by atoms with Gasteiger partial charge in [0, 0.05) is 0 Å². The van der Waals surface area contributed by atoms with Crippen molar-refractivity contribution in [1.82, 2.24) is 0 Å². The summed E-state index contributed by atoms with van der Waals surface area (Å²) < 4.78 is 0. The molecular weight excluding hydrogens is 107 g/mol. The fourth-order valence-electron chi connectivity index (χ4n) is 0.514. The van der Waals surface area contributed by atoms with Crippen LogP contribution in [0.2, 0.25) is 0 Å². The third-order valence-corrected chi connectivity index (χ3v) is 0.905. The predicted molar refractivity (Wildman–Crippen MR) is 33.6 cm³/mol. The Hall–Kier alpha value is -0.423. The second kappa shape index (κ2) is 4.46. The zero-order valence-corrected chi connectivity index (χ0v) is 5.41. The molecule has 0 aromatic heterocycles. The van der Waals surface area contributed by atoms with Gasteiger partial charge in [0.25, 0.3) is 0 Å². The number of nitrogens with two attached hydrogens (primary N) is 1. The van der Waals surface area contributed by atoms with Gasteiger partial charge in [0.15, 0.2) is 0 Å². The van der Waals surface area contributed by atoms with Crippen LogP contribution in [0.1, 0.15) is 0 Å². The first-order valence-corrected chi connectivity index (χ1v) is 2.39. The van der Waals surface area contributed by atoms with E-state index in [4.69, 9.17) is 5.84 Å². The molecular formula is C6H7LiN2. The summed E-state index contributed by atoms with van der Waals surface area (Å²) >= 11 is 0. The molecule has 0 spiro atoms. The van der Waals surface area contributed by atoms with Crippen molar-refractivity contribution >= 4 is 5.69 Å². The summed E-state index contributed by atoms with van der Waals surface area (Å²) in [5.41, 5.74) is 4.28. The Kier molecular flexibility index (Phi) is 4.25. The molecule has 9 heavy (non-hydrogen) atoms. The van der Waals surface area contributed by atoms with Crippen molar-refractivity contribution in [3.05, 3.63) is 35.8 Å². The zero-order chi connectivity index (χ0) is 5.82. The van der Waals surface area contributed by atoms with Gasteiger partial charge in [-0.15, -0.1) is 5.69 Å². The van der Waals surface area contributed by atoms with Crippen LogP contribution in [-0.2, 0) is 0 Å². The molecule has 0 bridgehead atoms. The molecule has 2 nitrogen and oxygen atoms in total. The van der Waals surface area contributed by atoms with Crippen molar-refractivity contribution in [3.63, 3.8) is 0 Å². The van der Waals surface area contributed by atoms with Gasteiger partial charge in [-0.1, -0.05) is 30.3 Å². The molecule has 0 aliphatic carbocycles. The van der Waals surface area contributed by atoms with Gasteiger partial charge < -0.3 is 11.3 Å². The number of nitrogens with zero attached hydrogens (tertiary/aromatic N) is 1. The molecule has 0 aliphatic rings. The van der Waals surface area contributed by atoms with E-state index in [9.17, 15) is 0 Å². The summed E-state index contributed by atoms with van der Waals surface area (Å²) in [4.78, 5) is 0. The van der Waals surface area contributed by atoms with Crippen LogP contribution in [-0.4, -0.2) is 0 Å². The topological polar surface area (TPSA) is 40.1 Å². The second-order valence-corrected chi connectivity index (χ2v) is 1.46. The minimum absolute atomic E-state index is 0. The molecule has 1 rings (SSSR count). The van der Waals surface area contributed by atoms with E-state index in [-0.39, 0.29) is 18.9 Å². The van der Waals surface area contributed by atoms with Crippen LogP contribution < -0.4 is 24.7 Å². The minimum atomic E-state index is 0. The standard InChI is InChI=1S/C6H7N2.Li/c7-8-6-4-2-1-3-5-6;/h1-5H,7H2;/q-1;+1. The Morgan fingerprint density at radius 1 is 1.11 bits per heavy atom. The van der Waals surface area contributed by atoms with E-state index in [2.05, 4.69) is 5.43 Å². The molecule has 0 saturated heterocycles. The van der Waals surface area contributed by atoms with Gasteiger partial charge in [-0.25, -0.2) is 0 Å². The monoisotopic (exact) mass is 114 g/mol. The van der Waals surface area contributed by atoms with Crippen LogP contribution in [0, 0.1) is 0 Å².